The summed E-state index contributed by atoms with van der Waals surface area (Å²) in [4.78, 5) is 0. The number of hydrogen-bond acceptors (Lipinski definition) is 3. The van der Waals surface area contributed by atoms with E-state index in [1.807, 2.05) is 0 Å². The van der Waals surface area contributed by atoms with Gasteiger partial charge in [0.25, 0.3) is 0 Å². The van der Waals surface area contributed by atoms with E-state index in [0.29, 0.717) is 13.0 Å². The predicted molar refractivity (Wildman–Crippen MR) is 50.3 cm³/mol. The van der Waals surface area contributed by atoms with Crippen LogP contribution in [0.5, 0.6) is 0 Å². The van der Waals surface area contributed by atoms with Gasteiger partial charge in [0.1, 0.15) is 0 Å². The van der Waals surface area contributed by atoms with Crippen LogP contribution in [0.4, 0.5) is 0 Å². The summed E-state index contributed by atoms with van der Waals surface area (Å²) in [6.45, 7) is 2.50. The van der Waals surface area contributed by atoms with E-state index >= 15 is 0 Å². The van der Waals surface area contributed by atoms with Gasteiger partial charge in [0.15, 0.2) is 0 Å². The van der Waals surface area contributed by atoms with E-state index in [4.69, 9.17) is 5.73 Å². The molecule has 0 rings (SSSR count). The zero-order valence-corrected chi connectivity index (χ0v) is 8.52. The van der Waals surface area contributed by atoms with Crippen molar-refractivity contribution in [3.05, 3.63) is 0 Å². The summed E-state index contributed by atoms with van der Waals surface area (Å²) >= 11 is 0. The van der Waals surface area contributed by atoms with Gasteiger partial charge in [0, 0.05) is 12.6 Å². The molecule has 0 heterocycles. The Morgan fingerprint density at radius 3 is 2.42 bits per heavy atom. The maximum atomic E-state index is 10.6. The smallest absolute Gasteiger partial charge is 0.208 e. The molecule has 1 atom stereocenters. The van der Waals surface area contributed by atoms with Gasteiger partial charge in [-0.2, -0.15) is 0 Å². The number of nitrogens with one attached hydrogen (secondary N) is 1. The highest BCUT2D eigenvalue weighted by molar-refractivity contribution is 7.88. The lowest BCUT2D eigenvalue weighted by Crippen LogP contribution is -2.29. The summed E-state index contributed by atoms with van der Waals surface area (Å²) in [6.07, 6.45) is 3.85. The molecule has 12 heavy (non-hydrogen) atoms. The minimum Gasteiger partial charge on any atom is -0.328 e. The SMILES string of the molecule is CCCC(N)CCNS(C)(=O)=O. The first-order valence-electron chi connectivity index (χ1n) is 4.16. The number of rotatable bonds is 6. The third-order valence-electron chi connectivity index (χ3n) is 1.54. The molecule has 0 aromatic heterocycles. The molecular formula is C7H18N2O2S. The number of nitrogens with two attached hydrogens (primary N) is 1. The molecule has 0 saturated heterocycles. The lowest BCUT2D eigenvalue weighted by molar-refractivity contribution is 0.544. The highest BCUT2D eigenvalue weighted by Crippen LogP contribution is 1.96. The van der Waals surface area contributed by atoms with E-state index in [1.54, 1.807) is 0 Å². The minimum absolute atomic E-state index is 0.115. The Morgan fingerprint density at radius 2 is 2.00 bits per heavy atom. The average Bonchev–Trinajstić information content (AvgIpc) is 1.84. The molecule has 4 nitrogen and oxygen atoms in total. The molecule has 0 aliphatic heterocycles. The summed E-state index contributed by atoms with van der Waals surface area (Å²) in [6, 6.07) is 0.115. The third-order valence-corrected chi connectivity index (χ3v) is 2.27. The van der Waals surface area contributed by atoms with Crippen molar-refractivity contribution in [2.45, 2.75) is 32.2 Å². The Hall–Kier alpha value is -0.130. The molecule has 0 spiro atoms. The first kappa shape index (κ1) is 11.9. The van der Waals surface area contributed by atoms with Gasteiger partial charge in [0.2, 0.25) is 10.0 Å². The third kappa shape index (κ3) is 7.97. The van der Waals surface area contributed by atoms with Gasteiger partial charge >= 0.3 is 0 Å². The molecule has 0 aromatic rings. The van der Waals surface area contributed by atoms with Crippen LogP contribution in [0.15, 0.2) is 0 Å². The van der Waals surface area contributed by atoms with E-state index in [9.17, 15) is 8.42 Å². The largest absolute Gasteiger partial charge is 0.328 e. The maximum Gasteiger partial charge on any atom is 0.208 e. The van der Waals surface area contributed by atoms with Crippen molar-refractivity contribution < 1.29 is 8.42 Å². The Kier molecular flexibility index (Phi) is 5.44. The van der Waals surface area contributed by atoms with Crippen molar-refractivity contribution in [1.29, 1.82) is 0 Å². The Labute approximate surface area is 74.6 Å². The zero-order valence-electron chi connectivity index (χ0n) is 7.71. The van der Waals surface area contributed by atoms with Gasteiger partial charge in [-0.15, -0.1) is 0 Å². The fourth-order valence-electron chi connectivity index (χ4n) is 0.945. The molecule has 74 valence electrons. The summed E-state index contributed by atoms with van der Waals surface area (Å²) < 4.78 is 23.6. The van der Waals surface area contributed by atoms with Gasteiger partial charge in [-0.25, -0.2) is 13.1 Å². The maximum absolute atomic E-state index is 10.6. The lowest BCUT2D eigenvalue weighted by Gasteiger charge is -2.09. The van der Waals surface area contributed by atoms with Crippen molar-refractivity contribution >= 4 is 10.0 Å². The first-order valence-corrected chi connectivity index (χ1v) is 6.05. The van der Waals surface area contributed by atoms with Crippen LogP contribution in [0.1, 0.15) is 26.2 Å². The molecule has 3 N–H and O–H groups in total. The van der Waals surface area contributed by atoms with E-state index in [1.165, 1.54) is 0 Å². The molecule has 0 radical (unpaired) electrons. The summed E-state index contributed by atoms with van der Waals surface area (Å²) in [5.41, 5.74) is 5.68. The van der Waals surface area contributed by atoms with Crippen LogP contribution in [-0.2, 0) is 10.0 Å². The molecule has 5 heteroatoms. The second-order valence-corrected chi connectivity index (χ2v) is 4.84. The molecule has 1 unspecified atom stereocenters. The van der Waals surface area contributed by atoms with Gasteiger partial charge in [-0.1, -0.05) is 13.3 Å². The second-order valence-electron chi connectivity index (χ2n) is 3.00. The van der Waals surface area contributed by atoms with Crippen LogP contribution in [0.25, 0.3) is 0 Å². The number of sulfonamides is 1. The van der Waals surface area contributed by atoms with Crippen molar-refractivity contribution in [3.8, 4) is 0 Å². The molecule has 0 aromatic carbocycles. The minimum atomic E-state index is -3.04. The van der Waals surface area contributed by atoms with E-state index in [-0.39, 0.29) is 6.04 Å². The molecule has 0 saturated carbocycles. The topological polar surface area (TPSA) is 72.2 Å². The molecule has 0 fully saturated rings. The normalized spacial score (nSPS) is 14.6. The van der Waals surface area contributed by atoms with Gasteiger partial charge in [-0.3, -0.25) is 0 Å². The molecule has 0 aliphatic carbocycles. The standard InChI is InChI=1S/C7H18N2O2S/c1-3-4-7(8)5-6-9-12(2,10)11/h7,9H,3-6,8H2,1-2H3. The lowest BCUT2D eigenvalue weighted by atomic mass is 10.1. The van der Waals surface area contributed by atoms with Crippen molar-refractivity contribution in [1.82, 2.24) is 4.72 Å². The van der Waals surface area contributed by atoms with Gasteiger partial charge < -0.3 is 5.73 Å². The van der Waals surface area contributed by atoms with Gasteiger partial charge in [-0.05, 0) is 12.8 Å². The van der Waals surface area contributed by atoms with Crippen LogP contribution in [-0.4, -0.2) is 27.3 Å². The highest BCUT2D eigenvalue weighted by atomic mass is 32.2. The fourth-order valence-corrected chi connectivity index (χ4v) is 1.43. The van der Waals surface area contributed by atoms with E-state index in [0.717, 1.165) is 19.1 Å². The van der Waals surface area contributed by atoms with Crippen molar-refractivity contribution in [2.24, 2.45) is 5.73 Å². The van der Waals surface area contributed by atoms with Crippen molar-refractivity contribution in [2.75, 3.05) is 12.8 Å². The molecule has 0 bridgehead atoms. The second kappa shape index (κ2) is 5.50. The molecular weight excluding hydrogens is 176 g/mol. The average molecular weight is 194 g/mol. The molecule has 0 aliphatic rings. The van der Waals surface area contributed by atoms with Crippen LogP contribution >= 0.6 is 0 Å². The van der Waals surface area contributed by atoms with Gasteiger partial charge in [0.05, 0.1) is 6.26 Å². The molecule has 0 amide bonds. The van der Waals surface area contributed by atoms with Crippen molar-refractivity contribution in [3.63, 3.8) is 0 Å². The predicted octanol–water partition coefficient (Wildman–Crippen LogP) is 0.0531. The number of hydrogen-bond donors (Lipinski definition) is 2. The Bertz CT molecular complexity index is 201. The van der Waals surface area contributed by atoms with E-state index in [2.05, 4.69) is 11.6 Å². The zero-order chi connectivity index (χ0) is 9.61. The van der Waals surface area contributed by atoms with E-state index < -0.39 is 10.0 Å². The van der Waals surface area contributed by atoms with Crippen LogP contribution < -0.4 is 10.5 Å². The monoisotopic (exact) mass is 194 g/mol. The fraction of sp³-hybridized carbons (Fsp3) is 1.00. The highest BCUT2D eigenvalue weighted by Gasteiger charge is 2.03. The summed E-state index contributed by atoms with van der Waals surface area (Å²) in [7, 11) is -3.04. The van der Waals surface area contributed by atoms with Crippen LogP contribution in [0, 0.1) is 0 Å². The van der Waals surface area contributed by atoms with Crippen LogP contribution in [0.2, 0.25) is 0 Å². The Balaban J connectivity index is 3.44. The summed E-state index contributed by atoms with van der Waals surface area (Å²) in [5, 5.41) is 0. The first-order chi connectivity index (χ1) is 5.45. The Morgan fingerprint density at radius 1 is 1.42 bits per heavy atom. The van der Waals surface area contributed by atoms with Crippen LogP contribution in [0.3, 0.4) is 0 Å². The summed E-state index contributed by atoms with van der Waals surface area (Å²) in [5.74, 6) is 0. The quantitative estimate of drug-likeness (QED) is 0.627.